The Labute approximate surface area is 93.9 Å². The molecule has 0 saturated carbocycles. The van der Waals surface area contributed by atoms with Crippen LogP contribution >= 0.6 is 0 Å². The van der Waals surface area contributed by atoms with Crippen molar-refractivity contribution in [3.63, 3.8) is 0 Å². The zero-order chi connectivity index (χ0) is 11.4. The SMILES string of the molecule is O=S(=O)(Cc1ccccc1)c1ncccn1. The molecule has 0 aliphatic carbocycles. The van der Waals surface area contributed by atoms with Crippen LogP contribution in [0.5, 0.6) is 0 Å². The Kier molecular flexibility index (Phi) is 2.96. The molecular weight excluding hydrogens is 224 g/mol. The van der Waals surface area contributed by atoms with Crippen LogP contribution in [0.1, 0.15) is 5.56 Å². The van der Waals surface area contributed by atoms with Gasteiger partial charge in [-0.25, -0.2) is 18.4 Å². The summed E-state index contributed by atoms with van der Waals surface area (Å²) in [6.45, 7) is 0. The van der Waals surface area contributed by atoms with Gasteiger partial charge in [-0.1, -0.05) is 30.3 Å². The Morgan fingerprint density at radius 2 is 1.56 bits per heavy atom. The standard InChI is InChI=1S/C11H10N2O2S/c14-16(15,11-12-7-4-8-13-11)9-10-5-2-1-3-6-10/h1-8H,9H2. The minimum Gasteiger partial charge on any atom is -0.227 e. The van der Waals surface area contributed by atoms with Gasteiger partial charge in [0.05, 0.1) is 5.75 Å². The number of nitrogens with zero attached hydrogens (tertiary/aromatic N) is 2. The summed E-state index contributed by atoms with van der Waals surface area (Å²) < 4.78 is 23.8. The highest BCUT2D eigenvalue weighted by molar-refractivity contribution is 7.90. The normalized spacial score (nSPS) is 11.2. The minimum absolute atomic E-state index is 0.0716. The smallest absolute Gasteiger partial charge is 0.227 e. The molecule has 0 amide bonds. The fraction of sp³-hybridized carbons (Fsp3) is 0.0909. The van der Waals surface area contributed by atoms with Crippen LogP contribution in [0.3, 0.4) is 0 Å². The summed E-state index contributed by atoms with van der Waals surface area (Å²) in [6, 6.07) is 10.6. The molecule has 16 heavy (non-hydrogen) atoms. The van der Waals surface area contributed by atoms with Crippen molar-refractivity contribution < 1.29 is 8.42 Å². The van der Waals surface area contributed by atoms with Crippen LogP contribution in [-0.4, -0.2) is 18.4 Å². The Morgan fingerprint density at radius 3 is 2.19 bits per heavy atom. The molecule has 0 saturated heterocycles. The first-order valence-corrected chi connectivity index (χ1v) is 6.37. The lowest BCUT2D eigenvalue weighted by molar-refractivity contribution is 0.586. The largest absolute Gasteiger partial charge is 0.247 e. The molecule has 0 aliphatic rings. The third-order valence-electron chi connectivity index (χ3n) is 2.02. The fourth-order valence-electron chi connectivity index (χ4n) is 1.30. The Bertz CT molecular complexity index is 553. The average molecular weight is 234 g/mol. The predicted octanol–water partition coefficient (Wildman–Crippen LogP) is 1.45. The molecule has 2 aromatic rings. The lowest BCUT2D eigenvalue weighted by atomic mass is 10.2. The zero-order valence-electron chi connectivity index (χ0n) is 8.45. The number of hydrogen-bond acceptors (Lipinski definition) is 4. The molecule has 0 fully saturated rings. The van der Waals surface area contributed by atoms with E-state index in [9.17, 15) is 8.42 Å². The molecule has 2 rings (SSSR count). The van der Waals surface area contributed by atoms with Gasteiger partial charge in [0.2, 0.25) is 15.0 Å². The molecule has 0 bridgehead atoms. The van der Waals surface area contributed by atoms with Crippen LogP contribution in [-0.2, 0) is 15.6 Å². The lowest BCUT2D eigenvalue weighted by Crippen LogP contribution is -2.08. The van der Waals surface area contributed by atoms with Gasteiger partial charge in [0.1, 0.15) is 0 Å². The molecule has 5 heteroatoms. The van der Waals surface area contributed by atoms with E-state index in [-0.39, 0.29) is 10.9 Å². The number of hydrogen-bond donors (Lipinski definition) is 0. The van der Waals surface area contributed by atoms with Crippen molar-refractivity contribution in [2.75, 3.05) is 0 Å². The zero-order valence-corrected chi connectivity index (χ0v) is 9.26. The number of aromatic nitrogens is 2. The Morgan fingerprint density at radius 1 is 0.938 bits per heavy atom. The van der Waals surface area contributed by atoms with Crippen molar-refractivity contribution in [1.29, 1.82) is 0 Å². The van der Waals surface area contributed by atoms with Gasteiger partial charge in [0.15, 0.2) is 0 Å². The number of benzene rings is 1. The van der Waals surface area contributed by atoms with E-state index in [2.05, 4.69) is 9.97 Å². The summed E-state index contributed by atoms with van der Waals surface area (Å²) in [5, 5.41) is -0.126. The topological polar surface area (TPSA) is 59.9 Å². The first kappa shape index (κ1) is 10.8. The van der Waals surface area contributed by atoms with Gasteiger partial charge in [0.25, 0.3) is 0 Å². The predicted molar refractivity (Wildman–Crippen MR) is 59.4 cm³/mol. The molecule has 0 N–H and O–H groups in total. The second-order valence-electron chi connectivity index (χ2n) is 3.28. The van der Waals surface area contributed by atoms with Gasteiger partial charge >= 0.3 is 0 Å². The number of sulfone groups is 1. The summed E-state index contributed by atoms with van der Waals surface area (Å²) in [7, 11) is -3.44. The monoisotopic (exact) mass is 234 g/mol. The van der Waals surface area contributed by atoms with Gasteiger partial charge < -0.3 is 0 Å². The molecule has 0 aliphatic heterocycles. The van der Waals surface area contributed by atoms with Crippen molar-refractivity contribution in [3.8, 4) is 0 Å². The second kappa shape index (κ2) is 4.40. The van der Waals surface area contributed by atoms with E-state index >= 15 is 0 Å². The maximum atomic E-state index is 11.9. The van der Waals surface area contributed by atoms with Crippen LogP contribution in [0.15, 0.2) is 53.9 Å². The van der Waals surface area contributed by atoms with Crippen LogP contribution in [0.4, 0.5) is 0 Å². The van der Waals surface area contributed by atoms with E-state index in [0.29, 0.717) is 0 Å². The highest BCUT2D eigenvalue weighted by Crippen LogP contribution is 2.11. The van der Waals surface area contributed by atoms with E-state index < -0.39 is 9.84 Å². The summed E-state index contributed by atoms with van der Waals surface area (Å²) in [5.74, 6) is -0.0716. The van der Waals surface area contributed by atoms with Gasteiger partial charge in [-0.3, -0.25) is 0 Å². The molecule has 0 spiro atoms. The van der Waals surface area contributed by atoms with Crippen molar-refractivity contribution >= 4 is 9.84 Å². The van der Waals surface area contributed by atoms with Gasteiger partial charge in [-0.2, -0.15) is 0 Å². The van der Waals surface area contributed by atoms with Crippen LogP contribution in [0, 0.1) is 0 Å². The van der Waals surface area contributed by atoms with Crippen LogP contribution in [0.2, 0.25) is 0 Å². The summed E-state index contributed by atoms with van der Waals surface area (Å²) >= 11 is 0. The molecule has 0 atom stereocenters. The molecule has 0 radical (unpaired) electrons. The van der Waals surface area contributed by atoms with Crippen molar-refractivity contribution in [1.82, 2.24) is 9.97 Å². The second-order valence-corrected chi connectivity index (χ2v) is 5.16. The van der Waals surface area contributed by atoms with Crippen LogP contribution < -0.4 is 0 Å². The van der Waals surface area contributed by atoms with E-state index in [4.69, 9.17) is 0 Å². The molecule has 1 aromatic carbocycles. The minimum atomic E-state index is -3.44. The van der Waals surface area contributed by atoms with Gasteiger partial charge in [0, 0.05) is 12.4 Å². The van der Waals surface area contributed by atoms with E-state index in [1.165, 1.54) is 12.4 Å². The molecular formula is C11H10N2O2S. The maximum absolute atomic E-state index is 11.9. The summed E-state index contributed by atoms with van der Waals surface area (Å²) in [6.07, 6.45) is 2.84. The highest BCUT2D eigenvalue weighted by Gasteiger charge is 2.17. The van der Waals surface area contributed by atoms with E-state index in [0.717, 1.165) is 5.56 Å². The first-order valence-electron chi connectivity index (χ1n) is 4.72. The molecule has 1 aromatic heterocycles. The summed E-state index contributed by atoms with van der Waals surface area (Å²) in [5.41, 5.74) is 0.731. The molecule has 0 unspecified atom stereocenters. The van der Waals surface area contributed by atoms with Gasteiger partial charge in [-0.15, -0.1) is 0 Å². The Hall–Kier alpha value is -1.75. The maximum Gasteiger partial charge on any atom is 0.247 e. The van der Waals surface area contributed by atoms with Crippen LogP contribution in [0.25, 0.3) is 0 Å². The Balaban J connectivity index is 2.29. The van der Waals surface area contributed by atoms with Crippen molar-refractivity contribution in [2.45, 2.75) is 10.9 Å². The number of rotatable bonds is 3. The lowest BCUT2D eigenvalue weighted by Gasteiger charge is -2.01. The first-order chi connectivity index (χ1) is 7.68. The van der Waals surface area contributed by atoms with E-state index in [1.54, 1.807) is 30.3 Å². The highest BCUT2D eigenvalue weighted by atomic mass is 32.2. The van der Waals surface area contributed by atoms with Crippen molar-refractivity contribution in [3.05, 3.63) is 54.4 Å². The van der Waals surface area contributed by atoms with Gasteiger partial charge in [-0.05, 0) is 11.6 Å². The molecule has 1 heterocycles. The molecule has 4 nitrogen and oxygen atoms in total. The quantitative estimate of drug-likeness (QED) is 0.754. The van der Waals surface area contributed by atoms with Crippen molar-refractivity contribution in [2.24, 2.45) is 0 Å². The average Bonchev–Trinajstić information content (AvgIpc) is 2.31. The summed E-state index contributed by atoms with van der Waals surface area (Å²) in [4.78, 5) is 7.50. The van der Waals surface area contributed by atoms with E-state index in [1.807, 2.05) is 6.07 Å². The third-order valence-corrected chi connectivity index (χ3v) is 3.50. The fourth-order valence-corrected chi connectivity index (χ4v) is 2.51. The third kappa shape index (κ3) is 2.43. The molecule has 82 valence electrons.